The van der Waals surface area contributed by atoms with Crippen LogP contribution in [-0.2, 0) is 6.37 Å². The van der Waals surface area contributed by atoms with Crippen molar-refractivity contribution in [3.8, 4) is 39.3 Å². The molecule has 204 valence electrons. The summed E-state index contributed by atoms with van der Waals surface area (Å²) in [4.78, 5) is 5.20. The second kappa shape index (κ2) is 10.6. The molecule has 0 atom stereocenters. The van der Waals surface area contributed by atoms with E-state index < -0.39 is 6.37 Å². The maximum atomic E-state index is 8.89. The van der Waals surface area contributed by atoms with Crippen molar-refractivity contribution in [1.82, 2.24) is 9.55 Å². The number of imidazole rings is 1. The van der Waals surface area contributed by atoms with Gasteiger partial charge in [-0.25, -0.2) is 4.98 Å². The van der Waals surface area contributed by atoms with Gasteiger partial charge in [0.25, 0.3) is 0 Å². The molecule has 0 saturated heterocycles. The maximum absolute atomic E-state index is 8.89. The fraction of sp³-hybridized carbons (Fsp3) is 0.0250. The smallest absolute Gasteiger partial charge is 0.149 e. The van der Waals surface area contributed by atoms with E-state index in [1.54, 1.807) is 6.26 Å². The molecule has 0 aliphatic rings. The topological polar surface area (TPSA) is 31.0 Å². The summed E-state index contributed by atoms with van der Waals surface area (Å²) >= 11 is 0. The first-order chi connectivity index (χ1) is 22.1. The Morgan fingerprint density at radius 1 is 0.581 bits per heavy atom. The van der Waals surface area contributed by atoms with Gasteiger partial charge in [-0.05, 0) is 46.8 Å². The van der Waals surface area contributed by atoms with Gasteiger partial charge in [0, 0.05) is 19.3 Å². The van der Waals surface area contributed by atoms with Crippen LogP contribution in [0.15, 0.2) is 162 Å². The van der Waals surface area contributed by atoms with Crippen molar-refractivity contribution in [1.29, 1.82) is 0 Å². The molecule has 2 aromatic heterocycles. The summed E-state index contributed by atoms with van der Waals surface area (Å²) in [7, 11) is 0. The fourth-order valence-electron chi connectivity index (χ4n) is 5.89. The van der Waals surface area contributed by atoms with Crippen molar-refractivity contribution < 1.29 is 7.16 Å². The van der Waals surface area contributed by atoms with Gasteiger partial charge in [-0.1, -0.05) is 133 Å². The van der Waals surface area contributed by atoms with Gasteiger partial charge < -0.3 is 4.42 Å². The number of hydrogen-bond donors (Lipinski definition) is 0. The average Bonchev–Trinajstić information content (AvgIpc) is 3.70. The van der Waals surface area contributed by atoms with Crippen LogP contribution in [0.5, 0.6) is 0 Å². The highest BCUT2D eigenvalue weighted by molar-refractivity contribution is 5.98. The highest BCUT2D eigenvalue weighted by atomic mass is 16.3. The summed E-state index contributed by atoms with van der Waals surface area (Å²) in [5.74, 6) is 0.759. The summed E-state index contributed by atoms with van der Waals surface area (Å²) in [6.45, 7) is 0. The van der Waals surface area contributed by atoms with E-state index in [-0.39, 0.29) is 0 Å². The molecule has 0 amide bonds. The standard InChI is InChI=1S/C40H28N2O/c1-4-13-28(14-5-1)25-29-23-24-34-35(27-43-38(34)26-29)40-41-36-21-10-11-22-37(36)42(40)39-32(30-15-6-2-7-16-30)19-12-20-33(39)31-17-8-3-9-18-31/h1-24,26-27H,25H2/i25D2. The van der Waals surface area contributed by atoms with E-state index in [9.17, 15) is 0 Å². The second-order valence-electron chi connectivity index (χ2n) is 10.5. The molecular formula is C40H28N2O. The highest BCUT2D eigenvalue weighted by Gasteiger charge is 2.23. The van der Waals surface area contributed by atoms with Crippen molar-refractivity contribution in [2.24, 2.45) is 0 Å². The van der Waals surface area contributed by atoms with Crippen LogP contribution in [0.1, 0.15) is 13.9 Å². The van der Waals surface area contributed by atoms with Crippen LogP contribution in [-0.4, -0.2) is 9.55 Å². The zero-order chi connectivity index (χ0) is 30.4. The Morgan fingerprint density at radius 2 is 1.21 bits per heavy atom. The lowest BCUT2D eigenvalue weighted by molar-refractivity contribution is 0.616. The minimum absolute atomic E-state index is 0.538. The zero-order valence-electron chi connectivity index (χ0n) is 25.3. The molecule has 8 aromatic rings. The second-order valence-corrected chi connectivity index (χ2v) is 10.5. The van der Waals surface area contributed by atoms with Crippen LogP contribution >= 0.6 is 0 Å². The van der Waals surface area contributed by atoms with Crippen LogP contribution in [0.4, 0.5) is 0 Å². The van der Waals surface area contributed by atoms with Crippen molar-refractivity contribution in [3.63, 3.8) is 0 Å². The molecule has 43 heavy (non-hydrogen) atoms. The first-order valence-electron chi connectivity index (χ1n) is 15.4. The number of nitrogens with zero attached hydrogens (tertiary/aromatic N) is 2. The molecule has 0 unspecified atom stereocenters. The lowest BCUT2D eigenvalue weighted by Gasteiger charge is -2.19. The Hall–Kier alpha value is -5.67. The minimum atomic E-state index is -1.67. The first kappa shape index (κ1) is 23.0. The number of fused-ring (bicyclic) bond motifs is 2. The molecule has 0 spiro atoms. The molecule has 6 aromatic carbocycles. The van der Waals surface area contributed by atoms with Gasteiger partial charge in [0.1, 0.15) is 17.7 Å². The SMILES string of the molecule is [2H]C([2H])(c1ccccc1)c1ccc2c(-c3nc4ccccc4n3-c3c(-c4ccccc4)cccc3-c3ccccc3)coc2c1. The van der Waals surface area contributed by atoms with Crippen LogP contribution in [0.3, 0.4) is 0 Å². The van der Waals surface area contributed by atoms with Gasteiger partial charge in [0.05, 0.1) is 22.3 Å². The molecule has 0 saturated carbocycles. The van der Waals surface area contributed by atoms with E-state index in [0.29, 0.717) is 16.7 Å². The van der Waals surface area contributed by atoms with Gasteiger partial charge in [-0.15, -0.1) is 0 Å². The molecule has 0 radical (unpaired) electrons. The van der Waals surface area contributed by atoms with Crippen LogP contribution in [0.25, 0.3) is 61.3 Å². The van der Waals surface area contributed by atoms with Gasteiger partial charge in [-0.2, -0.15) is 0 Å². The number of benzene rings is 6. The summed E-state index contributed by atoms with van der Waals surface area (Å²) in [5, 5.41) is 0.873. The van der Waals surface area contributed by atoms with Crippen LogP contribution in [0, 0.1) is 0 Å². The maximum Gasteiger partial charge on any atom is 0.149 e. The van der Waals surface area contributed by atoms with E-state index >= 15 is 0 Å². The molecule has 3 heteroatoms. The van der Waals surface area contributed by atoms with E-state index in [0.717, 1.165) is 55.7 Å². The lowest BCUT2D eigenvalue weighted by Crippen LogP contribution is -2.03. The van der Waals surface area contributed by atoms with Crippen molar-refractivity contribution in [3.05, 3.63) is 169 Å². The van der Waals surface area contributed by atoms with Crippen LogP contribution < -0.4 is 0 Å². The number of furan rings is 1. The molecule has 8 rings (SSSR count). The van der Waals surface area contributed by atoms with Gasteiger partial charge in [0.2, 0.25) is 0 Å². The van der Waals surface area contributed by atoms with Crippen molar-refractivity contribution >= 4 is 22.0 Å². The van der Waals surface area contributed by atoms with Gasteiger partial charge in [-0.3, -0.25) is 4.57 Å². The van der Waals surface area contributed by atoms with Gasteiger partial charge >= 0.3 is 0 Å². The summed E-state index contributed by atoms with van der Waals surface area (Å²) in [6, 6.07) is 50.4. The highest BCUT2D eigenvalue weighted by Crippen LogP contribution is 2.41. The molecule has 0 aliphatic heterocycles. The Kier molecular flexibility index (Phi) is 5.67. The van der Waals surface area contributed by atoms with E-state index in [4.69, 9.17) is 12.1 Å². The Bertz CT molecular complexity index is 2230. The molecule has 0 aliphatic carbocycles. The summed E-state index contributed by atoms with van der Waals surface area (Å²) in [5.41, 5.74) is 9.89. The molecule has 0 fully saturated rings. The lowest BCUT2D eigenvalue weighted by atomic mass is 9.95. The molecule has 0 bridgehead atoms. The first-order valence-corrected chi connectivity index (χ1v) is 14.4. The Labute approximate surface area is 253 Å². The Morgan fingerprint density at radius 3 is 1.91 bits per heavy atom. The zero-order valence-corrected chi connectivity index (χ0v) is 23.3. The number of rotatable bonds is 6. The fourth-order valence-corrected chi connectivity index (χ4v) is 5.89. The minimum Gasteiger partial charge on any atom is -0.464 e. The number of para-hydroxylation sites is 3. The summed E-state index contributed by atoms with van der Waals surface area (Å²) in [6.07, 6.45) is 0.0757. The third-order valence-electron chi connectivity index (χ3n) is 7.87. The molecule has 2 heterocycles. The van der Waals surface area contributed by atoms with Crippen LogP contribution in [0.2, 0.25) is 0 Å². The predicted octanol–water partition coefficient (Wildman–Crippen LogP) is 10.4. The van der Waals surface area contributed by atoms with E-state index in [2.05, 4.69) is 77.4 Å². The number of aromatic nitrogens is 2. The average molecular weight is 555 g/mol. The van der Waals surface area contributed by atoms with E-state index in [1.165, 1.54) is 0 Å². The van der Waals surface area contributed by atoms with Crippen molar-refractivity contribution in [2.45, 2.75) is 6.37 Å². The molecular weight excluding hydrogens is 524 g/mol. The monoisotopic (exact) mass is 554 g/mol. The van der Waals surface area contributed by atoms with Gasteiger partial charge in [0.15, 0.2) is 0 Å². The summed E-state index contributed by atoms with van der Waals surface area (Å²) < 4.78 is 26.2. The largest absolute Gasteiger partial charge is 0.464 e. The molecule has 0 N–H and O–H groups in total. The normalized spacial score (nSPS) is 12.4. The predicted molar refractivity (Wildman–Crippen MR) is 176 cm³/mol. The third-order valence-corrected chi connectivity index (χ3v) is 7.87. The van der Waals surface area contributed by atoms with E-state index in [1.807, 2.05) is 78.9 Å². The number of hydrogen-bond acceptors (Lipinski definition) is 2. The third kappa shape index (κ3) is 4.52. The van der Waals surface area contributed by atoms with Crippen molar-refractivity contribution in [2.75, 3.05) is 0 Å². The quantitative estimate of drug-likeness (QED) is 0.205. The Balaban J connectivity index is 1.39. The molecule has 3 nitrogen and oxygen atoms in total.